The molecule has 24 heavy (non-hydrogen) atoms. The molecule has 120 valence electrons. The van der Waals surface area contributed by atoms with Crippen molar-refractivity contribution >= 4 is 11.6 Å². The summed E-state index contributed by atoms with van der Waals surface area (Å²) in [7, 11) is 0. The van der Waals surface area contributed by atoms with Crippen molar-refractivity contribution in [3.8, 4) is 5.75 Å². The standard InChI is InChI=1S/C19H15NO4/c20-19-14(18(22)13-6-2-4-8-16(13)24-19)9-11-10-23-15-7-3-1-5-12(15)17(11)21/h1-9,13,16H,10,20H2/b11-9+. The van der Waals surface area contributed by atoms with E-state index < -0.39 is 5.92 Å². The molecule has 5 nitrogen and oxygen atoms in total. The number of para-hydroxylation sites is 1. The number of ether oxygens (including phenoxy) is 2. The maximum absolute atomic E-state index is 12.7. The van der Waals surface area contributed by atoms with E-state index in [1.807, 2.05) is 12.1 Å². The summed E-state index contributed by atoms with van der Waals surface area (Å²) in [5.41, 5.74) is 7.01. The van der Waals surface area contributed by atoms with Gasteiger partial charge < -0.3 is 15.2 Å². The highest BCUT2D eigenvalue weighted by molar-refractivity contribution is 6.13. The topological polar surface area (TPSA) is 78.6 Å². The van der Waals surface area contributed by atoms with Crippen LogP contribution in [0.2, 0.25) is 0 Å². The highest BCUT2D eigenvalue weighted by atomic mass is 16.5. The van der Waals surface area contributed by atoms with Gasteiger partial charge in [0.1, 0.15) is 18.5 Å². The predicted octanol–water partition coefficient (Wildman–Crippen LogP) is 2.07. The van der Waals surface area contributed by atoms with Gasteiger partial charge in [0.05, 0.1) is 17.1 Å². The Morgan fingerprint density at radius 3 is 2.79 bits per heavy atom. The number of rotatable bonds is 1. The Bertz CT molecular complexity index is 860. The summed E-state index contributed by atoms with van der Waals surface area (Å²) in [6.07, 6.45) is 8.32. The molecule has 1 aliphatic carbocycles. The Morgan fingerprint density at radius 2 is 1.92 bits per heavy atom. The molecule has 3 aliphatic rings. The zero-order valence-corrected chi connectivity index (χ0v) is 12.8. The van der Waals surface area contributed by atoms with Gasteiger partial charge in [0.15, 0.2) is 17.4 Å². The van der Waals surface area contributed by atoms with E-state index >= 15 is 0 Å². The first kappa shape index (κ1) is 14.5. The highest BCUT2D eigenvalue weighted by Gasteiger charge is 2.36. The van der Waals surface area contributed by atoms with E-state index in [4.69, 9.17) is 15.2 Å². The molecule has 0 amide bonds. The fourth-order valence-electron chi connectivity index (χ4n) is 3.04. The van der Waals surface area contributed by atoms with Crippen LogP contribution in [0, 0.1) is 5.92 Å². The number of ketones is 2. The van der Waals surface area contributed by atoms with E-state index in [1.165, 1.54) is 6.08 Å². The first-order chi connectivity index (χ1) is 11.6. The van der Waals surface area contributed by atoms with Crippen LogP contribution in [0.4, 0.5) is 0 Å². The van der Waals surface area contributed by atoms with E-state index in [-0.39, 0.29) is 35.7 Å². The van der Waals surface area contributed by atoms with E-state index in [2.05, 4.69) is 0 Å². The average Bonchev–Trinajstić information content (AvgIpc) is 2.60. The van der Waals surface area contributed by atoms with Gasteiger partial charge in [-0.05, 0) is 24.3 Å². The highest BCUT2D eigenvalue weighted by Crippen LogP contribution is 2.31. The number of carbonyl (C=O) groups excluding carboxylic acids is 2. The third-order valence-corrected chi connectivity index (χ3v) is 4.31. The summed E-state index contributed by atoms with van der Waals surface area (Å²) in [5.74, 6) is -0.135. The zero-order valence-electron chi connectivity index (χ0n) is 12.8. The van der Waals surface area contributed by atoms with E-state index in [0.29, 0.717) is 16.9 Å². The number of carbonyl (C=O) groups is 2. The largest absolute Gasteiger partial charge is 0.488 e. The lowest BCUT2D eigenvalue weighted by molar-refractivity contribution is -0.122. The second kappa shape index (κ2) is 5.53. The summed E-state index contributed by atoms with van der Waals surface area (Å²) >= 11 is 0. The minimum atomic E-state index is -0.416. The van der Waals surface area contributed by atoms with E-state index in [0.717, 1.165) is 0 Å². The zero-order chi connectivity index (χ0) is 16.7. The number of hydrogen-bond donors (Lipinski definition) is 1. The van der Waals surface area contributed by atoms with Crippen LogP contribution >= 0.6 is 0 Å². The lowest BCUT2D eigenvalue weighted by Crippen LogP contribution is -2.37. The minimum absolute atomic E-state index is 0.0420. The smallest absolute Gasteiger partial charge is 0.196 e. The molecule has 1 aromatic rings. The molecule has 0 radical (unpaired) electrons. The van der Waals surface area contributed by atoms with Crippen LogP contribution in [0.3, 0.4) is 0 Å². The molecule has 0 fully saturated rings. The Balaban J connectivity index is 1.71. The monoisotopic (exact) mass is 321 g/mol. The first-order valence-corrected chi connectivity index (χ1v) is 7.68. The maximum atomic E-state index is 12.7. The van der Waals surface area contributed by atoms with Crippen LogP contribution in [0.1, 0.15) is 10.4 Å². The lowest BCUT2D eigenvalue weighted by atomic mass is 9.86. The molecule has 0 aromatic heterocycles. The third-order valence-electron chi connectivity index (χ3n) is 4.31. The molecule has 0 spiro atoms. The van der Waals surface area contributed by atoms with Crippen molar-refractivity contribution in [2.45, 2.75) is 6.10 Å². The van der Waals surface area contributed by atoms with Gasteiger partial charge in [0.2, 0.25) is 0 Å². The summed E-state index contributed by atoms with van der Waals surface area (Å²) in [4.78, 5) is 25.3. The van der Waals surface area contributed by atoms with Gasteiger partial charge in [0.25, 0.3) is 0 Å². The fraction of sp³-hybridized carbons (Fsp3) is 0.158. The third kappa shape index (κ3) is 2.25. The number of hydrogen-bond acceptors (Lipinski definition) is 5. The Hall–Kier alpha value is -3.08. The molecule has 2 atom stereocenters. The molecule has 2 heterocycles. The predicted molar refractivity (Wildman–Crippen MR) is 87.2 cm³/mol. The summed E-state index contributed by atoms with van der Waals surface area (Å²) in [6, 6.07) is 7.03. The minimum Gasteiger partial charge on any atom is -0.488 e. The SMILES string of the molecule is NC1=C(/C=C2\COc3ccccc3C2=O)C(=O)C2C=CC=CC2O1. The molecule has 0 saturated heterocycles. The Labute approximate surface area is 138 Å². The van der Waals surface area contributed by atoms with Crippen LogP contribution in [-0.4, -0.2) is 24.3 Å². The van der Waals surface area contributed by atoms with Crippen LogP contribution < -0.4 is 10.5 Å². The van der Waals surface area contributed by atoms with Crippen LogP contribution in [-0.2, 0) is 9.53 Å². The second-order valence-electron chi connectivity index (χ2n) is 5.80. The van der Waals surface area contributed by atoms with Gasteiger partial charge in [0, 0.05) is 5.57 Å². The number of nitrogens with two attached hydrogens (primary N) is 1. The van der Waals surface area contributed by atoms with Crippen molar-refractivity contribution in [3.63, 3.8) is 0 Å². The van der Waals surface area contributed by atoms with Crippen molar-refractivity contribution in [3.05, 3.63) is 77.2 Å². The molecule has 2 unspecified atom stereocenters. The summed E-state index contributed by atoms with van der Waals surface area (Å²) in [6.45, 7) is 0.101. The van der Waals surface area contributed by atoms with Crippen molar-refractivity contribution in [2.75, 3.05) is 6.61 Å². The van der Waals surface area contributed by atoms with E-state index in [9.17, 15) is 9.59 Å². The molecular weight excluding hydrogens is 306 g/mol. The number of benzene rings is 1. The van der Waals surface area contributed by atoms with E-state index in [1.54, 1.807) is 36.4 Å². The molecule has 1 aromatic carbocycles. The van der Waals surface area contributed by atoms with Gasteiger partial charge >= 0.3 is 0 Å². The van der Waals surface area contributed by atoms with Crippen molar-refractivity contribution in [2.24, 2.45) is 11.7 Å². The van der Waals surface area contributed by atoms with Crippen molar-refractivity contribution < 1.29 is 19.1 Å². The molecule has 5 heteroatoms. The Kier molecular flexibility index (Phi) is 3.34. The number of Topliss-reactive ketones (excluding diaryl/α,β-unsaturated/α-hetero) is 2. The van der Waals surface area contributed by atoms with Gasteiger partial charge in [-0.15, -0.1) is 0 Å². The lowest BCUT2D eigenvalue weighted by Gasteiger charge is -2.30. The molecule has 0 saturated carbocycles. The van der Waals surface area contributed by atoms with Crippen LogP contribution in [0.25, 0.3) is 0 Å². The number of fused-ring (bicyclic) bond motifs is 2. The summed E-state index contributed by atoms with van der Waals surface area (Å²) in [5, 5.41) is 0. The molecular formula is C19H15NO4. The van der Waals surface area contributed by atoms with Gasteiger partial charge in [-0.25, -0.2) is 0 Å². The number of allylic oxidation sites excluding steroid dienone is 4. The Morgan fingerprint density at radius 1 is 1.12 bits per heavy atom. The molecule has 0 bridgehead atoms. The molecule has 4 rings (SSSR count). The van der Waals surface area contributed by atoms with Crippen LogP contribution in [0.15, 0.2) is 71.7 Å². The quantitative estimate of drug-likeness (QED) is 0.801. The molecule has 2 aliphatic heterocycles. The second-order valence-corrected chi connectivity index (χ2v) is 5.80. The first-order valence-electron chi connectivity index (χ1n) is 7.68. The van der Waals surface area contributed by atoms with Gasteiger partial charge in [-0.2, -0.15) is 0 Å². The summed E-state index contributed by atoms with van der Waals surface area (Å²) < 4.78 is 11.2. The fourth-order valence-corrected chi connectivity index (χ4v) is 3.04. The van der Waals surface area contributed by atoms with Crippen LogP contribution in [0.5, 0.6) is 5.75 Å². The van der Waals surface area contributed by atoms with Gasteiger partial charge in [-0.3, -0.25) is 9.59 Å². The average molecular weight is 321 g/mol. The normalized spacial score (nSPS) is 26.8. The maximum Gasteiger partial charge on any atom is 0.196 e. The van der Waals surface area contributed by atoms with Crippen molar-refractivity contribution in [1.29, 1.82) is 0 Å². The van der Waals surface area contributed by atoms with Crippen molar-refractivity contribution in [1.82, 2.24) is 0 Å². The van der Waals surface area contributed by atoms with Gasteiger partial charge in [-0.1, -0.05) is 30.4 Å². The molecule has 2 N–H and O–H groups in total.